The van der Waals surface area contributed by atoms with Gasteiger partial charge in [-0.1, -0.05) is 12.1 Å². The van der Waals surface area contributed by atoms with E-state index in [0.29, 0.717) is 26.3 Å². The summed E-state index contributed by atoms with van der Waals surface area (Å²) in [4.78, 5) is 6.56. The second kappa shape index (κ2) is 11.7. The highest BCUT2D eigenvalue weighted by atomic mass is 127. The number of methoxy groups -OCH3 is 1. The second-order valence-electron chi connectivity index (χ2n) is 7.99. The number of aliphatic imine (C=N–C) groups is 1. The molecule has 0 amide bonds. The maximum Gasteiger partial charge on any atom is 0.416 e. The van der Waals surface area contributed by atoms with Crippen LogP contribution < -0.4 is 10.6 Å². The van der Waals surface area contributed by atoms with Gasteiger partial charge in [0, 0.05) is 72.4 Å². The fraction of sp³-hybridized carbons (Fsp3) is 0.667. The minimum atomic E-state index is -4.30. The molecular formula is C21H32F3IN4O2. The summed E-state index contributed by atoms with van der Waals surface area (Å²) in [6.07, 6.45) is -1.66. The van der Waals surface area contributed by atoms with Crippen LogP contribution in [-0.4, -0.2) is 69.5 Å². The molecule has 0 aliphatic carbocycles. The van der Waals surface area contributed by atoms with E-state index in [1.165, 1.54) is 0 Å². The quantitative estimate of drug-likeness (QED) is 0.320. The second-order valence-corrected chi connectivity index (χ2v) is 7.99. The zero-order valence-electron chi connectivity index (χ0n) is 18.0. The van der Waals surface area contributed by atoms with Crippen molar-refractivity contribution in [2.24, 2.45) is 4.99 Å². The van der Waals surface area contributed by atoms with Gasteiger partial charge in [-0.15, -0.1) is 24.0 Å². The van der Waals surface area contributed by atoms with Crippen molar-refractivity contribution >= 4 is 29.9 Å². The van der Waals surface area contributed by atoms with Crippen molar-refractivity contribution in [1.82, 2.24) is 15.5 Å². The monoisotopic (exact) mass is 556 g/mol. The molecule has 1 aromatic rings. The smallest absolute Gasteiger partial charge is 0.381 e. The topological polar surface area (TPSA) is 58.1 Å². The molecule has 1 atom stereocenters. The molecule has 0 saturated carbocycles. The van der Waals surface area contributed by atoms with E-state index in [-0.39, 0.29) is 35.6 Å². The molecule has 2 fully saturated rings. The van der Waals surface area contributed by atoms with Gasteiger partial charge in [-0.2, -0.15) is 13.2 Å². The first-order chi connectivity index (χ1) is 14.3. The summed E-state index contributed by atoms with van der Waals surface area (Å²) in [5.41, 5.74) is 0.0355. The Morgan fingerprint density at radius 3 is 2.52 bits per heavy atom. The van der Waals surface area contributed by atoms with Gasteiger partial charge in [0.1, 0.15) is 0 Å². The van der Waals surface area contributed by atoms with Gasteiger partial charge in [0.25, 0.3) is 0 Å². The van der Waals surface area contributed by atoms with Crippen LogP contribution in [0.5, 0.6) is 0 Å². The van der Waals surface area contributed by atoms with Crippen LogP contribution in [-0.2, 0) is 22.2 Å². The van der Waals surface area contributed by atoms with Crippen molar-refractivity contribution in [3.8, 4) is 0 Å². The van der Waals surface area contributed by atoms with E-state index in [0.717, 1.165) is 56.0 Å². The first-order valence-electron chi connectivity index (χ1n) is 10.3. The zero-order chi connectivity index (χ0) is 21.6. The number of ether oxygens (including phenoxy) is 2. The van der Waals surface area contributed by atoms with Crippen LogP contribution in [0.25, 0.3) is 0 Å². The molecule has 2 saturated heterocycles. The number of rotatable bonds is 6. The summed E-state index contributed by atoms with van der Waals surface area (Å²) >= 11 is 0. The molecule has 0 bridgehead atoms. The van der Waals surface area contributed by atoms with Crippen LogP contribution in [0.15, 0.2) is 29.3 Å². The predicted octanol–water partition coefficient (Wildman–Crippen LogP) is 3.26. The molecule has 10 heteroatoms. The molecular weight excluding hydrogens is 524 g/mol. The summed E-state index contributed by atoms with van der Waals surface area (Å²) in [6, 6.07) is 5.65. The van der Waals surface area contributed by atoms with E-state index in [1.807, 2.05) is 0 Å². The highest BCUT2D eigenvalue weighted by molar-refractivity contribution is 14.0. The number of hydrogen-bond acceptors (Lipinski definition) is 4. The Morgan fingerprint density at radius 1 is 1.26 bits per heavy atom. The Hall–Kier alpha value is -1.11. The van der Waals surface area contributed by atoms with E-state index < -0.39 is 11.7 Å². The van der Waals surface area contributed by atoms with Crippen molar-refractivity contribution in [3.05, 3.63) is 35.4 Å². The normalized spacial score (nSPS) is 22.1. The van der Waals surface area contributed by atoms with E-state index in [9.17, 15) is 13.2 Å². The number of nitrogens with zero attached hydrogens (tertiary/aromatic N) is 2. The van der Waals surface area contributed by atoms with Gasteiger partial charge in [-0.3, -0.25) is 9.89 Å². The molecule has 1 aromatic carbocycles. The Kier molecular flexibility index (Phi) is 9.84. The standard InChI is InChI=1S/C21H31F3N4O2.HI/c1-25-19(26-15-20(29-2)8-11-30-12-9-20)27-18-7-10-28(14-18)13-16-3-5-17(6-4-16)21(22,23)24;/h3-6,18H,7-15H2,1-2H3,(H2,25,26,27);1H. The number of halogens is 4. The lowest BCUT2D eigenvalue weighted by atomic mass is 9.94. The molecule has 2 aliphatic heterocycles. The maximum atomic E-state index is 12.7. The van der Waals surface area contributed by atoms with Crippen LogP contribution in [0, 0.1) is 0 Å². The third kappa shape index (κ3) is 7.47. The SMILES string of the molecule is CN=C(NCC1(OC)CCOCC1)NC1CCN(Cc2ccc(C(F)(F)F)cc2)C1.I. The molecule has 0 aromatic heterocycles. The van der Waals surface area contributed by atoms with Crippen LogP contribution >= 0.6 is 24.0 Å². The van der Waals surface area contributed by atoms with Crippen molar-refractivity contribution in [1.29, 1.82) is 0 Å². The number of likely N-dealkylation sites (tertiary alicyclic amines) is 1. The molecule has 1 unspecified atom stereocenters. The first kappa shape index (κ1) is 26.1. The summed E-state index contributed by atoms with van der Waals surface area (Å²) in [5, 5.41) is 6.83. The zero-order valence-corrected chi connectivity index (χ0v) is 20.3. The summed E-state index contributed by atoms with van der Waals surface area (Å²) < 4.78 is 49.3. The van der Waals surface area contributed by atoms with Crippen LogP contribution in [0.4, 0.5) is 13.2 Å². The molecule has 2 heterocycles. The van der Waals surface area contributed by atoms with Crippen LogP contribution in [0.1, 0.15) is 30.4 Å². The average molecular weight is 556 g/mol. The molecule has 6 nitrogen and oxygen atoms in total. The van der Waals surface area contributed by atoms with E-state index >= 15 is 0 Å². The Bertz CT molecular complexity index is 710. The van der Waals surface area contributed by atoms with Crippen molar-refractivity contribution in [2.45, 2.75) is 43.6 Å². The average Bonchev–Trinajstić information content (AvgIpc) is 3.18. The Labute approximate surface area is 199 Å². The van der Waals surface area contributed by atoms with Crippen molar-refractivity contribution in [3.63, 3.8) is 0 Å². The largest absolute Gasteiger partial charge is 0.416 e. The van der Waals surface area contributed by atoms with Crippen LogP contribution in [0.3, 0.4) is 0 Å². The molecule has 31 heavy (non-hydrogen) atoms. The fourth-order valence-corrected chi connectivity index (χ4v) is 3.98. The number of benzene rings is 1. The summed E-state index contributed by atoms with van der Waals surface area (Å²) in [7, 11) is 3.48. The van der Waals surface area contributed by atoms with Crippen LogP contribution in [0.2, 0.25) is 0 Å². The number of guanidine groups is 1. The van der Waals surface area contributed by atoms with Gasteiger partial charge in [0.05, 0.1) is 11.2 Å². The first-order valence-corrected chi connectivity index (χ1v) is 10.3. The lowest BCUT2D eigenvalue weighted by molar-refractivity contribution is -0.137. The minimum Gasteiger partial charge on any atom is -0.381 e. The van der Waals surface area contributed by atoms with E-state index in [2.05, 4.69) is 20.5 Å². The van der Waals surface area contributed by atoms with Gasteiger partial charge in [0.15, 0.2) is 5.96 Å². The number of alkyl halides is 3. The van der Waals surface area contributed by atoms with Gasteiger partial charge >= 0.3 is 6.18 Å². The third-order valence-electron chi connectivity index (χ3n) is 5.94. The van der Waals surface area contributed by atoms with E-state index in [4.69, 9.17) is 9.47 Å². The number of nitrogens with one attached hydrogen (secondary N) is 2. The number of hydrogen-bond donors (Lipinski definition) is 2. The van der Waals surface area contributed by atoms with Crippen molar-refractivity contribution < 1.29 is 22.6 Å². The van der Waals surface area contributed by atoms with E-state index in [1.54, 1.807) is 26.3 Å². The molecule has 0 radical (unpaired) electrons. The lowest BCUT2D eigenvalue weighted by Crippen LogP contribution is -2.52. The lowest BCUT2D eigenvalue weighted by Gasteiger charge is -2.36. The molecule has 176 valence electrons. The van der Waals surface area contributed by atoms with Crippen molar-refractivity contribution in [2.75, 3.05) is 47.0 Å². The third-order valence-corrected chi connectivity index (χ3v) is 5.94. The predicted molar refractivity (Wildman–Crippen MR) is 125 cm³/mol. The highest BCUT2D eigenvalue weighted by Gasteiger charge is 2.33. The van der Waals surface area contributed by atoms with Gasteiger partial charge in [-0.25, -0.2) is 0 Å². The fourth-order valence-electron chi connectivity index (χ4n) is 3.98. The molecule has 2 N–H and O–H groups in total. The van der Waals surface area contributed by atoms with Gasteiger partial charge in [0.2, 0.25) is 0 Å². The summed E-state index contributed by atoms with van der Waals surface area (Å²) in [6.45, 7) is 4.38. The highest BCUT2D eigenvalue weighted by Crippen LogP contribution is 2.29. The maximum absolute atomic E-state index is 12.7. The Morgan fingerprint density at radius 2 is 1.94 bits per heavy atom. The Balaban J connectivity index is 0.00000341. The molecule has 3 rings (SSSR count). The van der Waals surface area contributed by atoms with Gasteiger partial charge in [-0.05, 0) is 24.1 Å². The molecule has 0 spiro atoms. The van der Waals surface area contributed by atoms with Gasteiger partial charge < -0.3 is 20.1 Å². The molecule has 2 aliphatic rings. The minimum absolute atomic E-state index is 0. The summed E-state index contributed by atoms with van der Waals surface area (Å²) in [5.74, 6) is 0.735.